The van der Waals surface area contributed by atoms with Crippen molar-refractivity contribution in [3.8, 4) is 5.75 Å². The van der Waals surface area contributed by atoms with Crippen LogP contribution in [0.15, 0.2) is 42.5 Å². The molecule has 0 bridgehead atoms. The third-order valence-corrected chi connectivity index (χ3v) is 3.72. The van der Waals surface area contributed by atoms with Crippen LogP contribution in [0.1, 0.15) is 18.9 Å². The van der Waals surface area contributed by atoms with Crippen LogP contribution in [0.4, 0.5) is 0 Å². The summed E-state index contributed by atoms with van der Waals surface area (Å²) < 4.78 is 5.13. The fraction of sp³-hybridized carbons (Fsp3) is 0.278. The number of carbonyl (C=O) groups is 2. The number of benzene rings is 1. The molecule has 4 heteroatoms. The SMILES string of the molecule is [CH2]C1(CCNC(C)=O)C=CC=C(c2ccc(OC)cc2)C1=O. The molecule has 1 unspecified atom stereocenters. The number of carbonyl (C=O) groups excluding carboxylic acids is 2. The summed E-state index contributed by atoms with van der Waals surface area (Å²) in [5.74, 6) is 0.599. The van der Waals surface area contributed by atoms with Gasteiger partial charge in [-0.2, -0.15) is 0 Å². The van der Waals surface area contributed by atoms with Crippen molar-refractivity contribution >= 4 is 17.3 Å². The quantitative estimate of drug-likeness (QED) is 0.909. The number of amides is 1. The van der Waals surface area contributed by atoms with Crippen LogP contribution in [0.25, 0.3) is 5.57 Å². The van der Waals surface area contributed by atoms with E-state index in [9.17, 15) is 9.59 Å². The van der Waals surface area contributed by atoms with Crippen molar-refractivity contribution in [1.29, 1.82) is 0 Å². The van der Waals surface area contributed by atoms with E-state index in [1.807, 2.05) is 30.3 Å². The van der Waals surface area contributed by atoms with E-state index in [0.717, 1.165) is 11.3 Å². The molecule has 0 aromatic heterocycles. The van der Waals surface area contributed by atoms with E-state index >= 15 is 0 Å². The topological polar surface area (TPSA) is 55.4 Å². The zero-order valence-corrected chi connectivity index (χ0v) is 12.9. The number of nitrogens with one attached hydrogen (secondary N) is 1. The number of ether oxygens (including phenoxy) is 1. The molecular weight excluding hydrogens is 278 g/mol. The van der Waals surface area contributed by atoms with Crippen LogP contribution in [0, 0.1) is 12.3 Å². The van der Waals surface area contributed by atoms with Gasteiger partial charge in [0.15, 0.2) is 5.78 Å². The number of hydrogen-bond acceptors (Lipinski definition) is 3. The van der Waals surface area contributed by atoms with Gasteiger partial charge in [-0.05, 0) is 31.0 Å². The number of allylic oxidation sites excluding steroid dienone is 4. The first-order valence-corrected chi connectivity index (χ1v) is 7.15. The molecule has 0 heterocycles. The summed E-state index contributed by atoms with van der Waals surface area (Å²) in [4.78, 5) is 23.7. The molecule has 1 aromatic carbocycles. The van der Waals surface area contributed by atoms with Gasteiger partial charge in [0.2, 0.25) is 5.91 Å². The van der Waals surface area contributed by atoms with Crippen molar-refractivity contribution in [1.82, 2.24) is 5.32 Å². The Morgan fingerprint density at radius 3 is 2.59 bits per heavy atom. The lowest BCUT2D eigenvalue weighted by atomic mass is 9.74. The standard InChI is InChI=1S/C18H20NO3/c1-13(20)19-12-11-18(2)10-4-5-16(17(18)21)14-6-8-15(22-3)9-7-14/h4-10H,2,11-12H2,1,3H3,(H,19,20). The highest BCUT2D eigenvalue weighted by atomic mass is 16.5. The summed E-state index contributed by atoms with van der Waals surface area (Å²) in [5, 5.41) is 2.71. The maximum atomic E-state index is 12.8. The Kier molecular flexibility index (Phi) is 4.81. The molecule has 1 atom stereocenters. The van der Waals surface area contributed by atoms with Crippen LogP contribution in [0.2, 0.25) is 0 Å². The highest BCUT2D eigenvalue weighted by Gasteiger charge is 2.34. The number of hydrogen-bond donors (Lipinski definition) is 1. The van der Waals surface area contributed by atoms with Crippen LogP contribution in [0.5, 0.6) is 5.75 Å². The molecule has 0 saturated carbocycles. The molecule has 0 aliphatic heterocycles. The molecule has 0 saturated heterocycles. The van der Waals surface area contributed by atoms with Crippen molar-refractivity contribution in [3.05, 3.63) is 55.0 Å². The Labute approximate surface area is 130 Å². The lowest BCUT2D eigenvalue weighted by molar-refractivity contribution is -0.121. The van der Waals surface area contributed by atoms with Gasteiger partial charge in [0, 0.05) is 19.0 Å². The molecule has 1 aliphatic rings. The number of Topliss-reactive ketones (excluding diaryl/α,β-unsaturated/α-hetero) is 1. The summed E-state index contributed by atoms with van der Waals surface area (Å²) in [6.07, 6.45) is 5.91. The molecule has 1 aromatic rings. The molecule has 0 fully saturated rings. The summed E-state index contributed by atoms with van der Waals surface area (Å²) in [7, 11) is 1.60. The van der Waals surface area contributed by atoms with Crippen LogP contribution in [0.3, 0.4) is 0 Å². The first kappa shape index (κ1) is 16.0. The van der Waals surface area contributed by atoms with Crippen LogP contribution >= 0.6 is 0 Å². The van der Waals surface area contributed by atoms with Crippen molar-refractivity contribution in [2.24, 2.45) is 5.41 Å². The van der Waals surface area contributed by atoms with E-state index in [-0.39, 0.29) is 11.7 Å². The molecule has 2 rings (SSSR count). The number of rotatable bonds is 5. The Bertz CT molecular complexity index is 628. The third kappa shape index (κ3) is 3.45. The lowest BCUT2D eigenvalue weighted by Crippen LogP contribution is -2.33. The Hall–Kier alpha value is -2.36. The van der Waals surface area contributed by atoms with Gasteiger partial charge in [0.05, 0.1) is 12.5 Å². The number of methoxy groups -OCH3 is 1. The fourth-order valence-electron chi connectivity index (χ4n) is 2.40. The van der Waals surface area contributed by atoms with Crippen LogP contribution < -0.4 is 10.1 Å². The smallest absolute Gasteiger partial charge is 0.216 e. The first-order valence-electron chi connectivity index (χ1n) is 7.15. The highest BCUT2D eigenvalue weighted by molar-refractivity contribution is 6.25. The van der Waals surface area contributed by atoms with Gasteiger partial charge in [-0.25, -0.2) is 0 Å². The summed E-state index contributed by atoms with van der Waals surface area (Å²) in [6, 6.07) is 7.36. The summed E-state index contributed by atoms with van der Waals surface area (Å²) >= 11 is 0. The fourth-order valence-corrected chi connectivity index (χ4v) is 2.40. The van der Waals surface area contributed by atoms with Crippen molar-refractivity contribution in [3.63, 3.8) is 0 Å². The van der Waals surface area contributed by atoms with E-state index < -0.39 is 5.41 Å². The van der Waals surface area contributed by atoms with Crippen molar-refractivity contribution in [2.45, 2.75) is 13.3 Å². The molecule has 115 valence electrons. The minimum Gasteiger partial charge on any atom is -0.497 e. The molecule has 22 heavy (non-hydrogen) atoms. The monoisotopic (exact) mass is 298 g/mol. The maximum Gasteiger partial charge on any atom is 0.216 e. The van der Waals surface area contributed by atoms with E-state index in [1.54, 1.807) is 19.3 Å². The number of ketones is 1. The van der Waals surface area contributed by atoms with E-state index in [0.29, 0.717) is 18.5 Å². The zero-order valence-electron chi connectivity index (χ0n) is 12.9. The first-order chi connectivity index (χ1) is 10.5. The average molecular weight is 298 g/mol. The van der Waals surface area contributed by atoms with Gasteiger partial charge in [-0.15, -0.1) is 0 Å². The summed E-state index contributed by atoms with van der Waals surface area (Å²) in [5.41, 5.74) is 0.623. The van der Waals surface area contributed by atoms with Gasteiger partial charge in [0.1, 0.15) is 5.75 Å². The van der Waals surface area contributed by atoms with Crippen molar-refractivity contribution in [2.75, 3.05) is 13.7 Å². The molecule has 1 amide bonds. The van der Waals surface area contributed by atoms with E-state index in [1.165, 1.54) is 6.92 Å². The Balaban J connectivity index is 2.16. The molecule has 1 aliphatic carbocycles. The van der Waals surface area contributed by atoms with Crippen molar-refractivity contribution < 1.29 is 14.3 Å². The molecular formula is C18H20NO3. The van der Waals surface area contributed by atoms with E-state index in [2.05, 4.69) is 12.2 Å². The maximum absolute atomic E-state index is 12.8. The van der Waals surface area contributed by atoms with Gasteiger partial charge in [-0.1, -0.05) is 30.4 Å². The minimum atomic E-state index is -0.841. The minimum absolute atomic E-state index is 0.0366. The molecule has 1 radical (unpaired) electrons. The van der Waals surface area contributed by atoms with Crippen LogP contribution in [-0.4, -0.2) is 25.3 Å². The average Bonchev–Trinajstić information content (AvgIpc) is 2.50. The zero-order chi connectivity index (χ0) is 16.2. The van der Waals surface area contributed by atoms with Gasteiger partial charge in [-0.3, -0.25) is 9.59 Å². The second-order valence-corrected chi connectivity index (χ2v) is 5.39. The Morgan fingerprint density at radius 2 is 2.00 bits per heavy atom. The largest absolute Gasteiger partial charge is 0.497 e. The predicted molar refractivity (Wildman–Crippen MR) is 86.2 cm³/mol. The van der Waals surface area contributed by atoms with Gasteiger partial charge in [0.25, 0.3) is 0 Å². The highest BCUT2D eigenvalue weighted by Crippen LogP contribution is 2.35. The third-order valence-electron chi connectivity index (χ3n) is 3.72. The summed E-state index contributed by atoms with van der Waals surface area (Å²) in [6.45, 7) is 5.94. The normalized spacial score (nSPS) is 20.5. The van der Waals surface area contributed by atoms with Crippen LogP contribution in [-0.2, 0) is 9.59 Å². The second-order valence-electron chi connectivity index (χ2n) is 5.39. The predicted octanol–water partition coefficient (Wildman–Crippen LogP) is 2.56. The van der Waals surface area contributed by atoms with E-state index in [4.69, 9.17) is 4.74 Å². The van der Waals surface area contributed by atoms with Gasteiger partial charge < -0.3 is 10.1 Å². The molecule has 1 N–H and O–H groups in total. The lowest BCUT2D eigenvalue weighted by Gasteiger charge is -2.28. The molecule has 4 nitrogen and oxygen atoms in total. The molecule has 0 spiro atoms. The Morgan fingerprint density at radius 1 is 1.32 bits per heavy atom. The van der Waals surface area contributed by atoms with Gasteiger partial charge >= 0.3 is 0 Å². The second kappa shape index (κ2) is 6.60.